The van der Waals surface area contributed by atoms with E-state index in [4.69, 9.17) is 0 Å². The van der Waals surface area contributed by atoms with Gasteiger partial charge in [-0.25, -0.2) is 0 Å². The Kier molecular flexibility index (Phi) is 29.4. The van der Waals surface area contributed by atoms with Gasteiger partial charge in [0.25, 0.3) is 0 Å². The summed E-state index contributed by atoms with van der Waals surface area (Å²) in [7, 11) is 0. The minimum absolute atomic E-state index is 0.495. The molecule has 0 N–H and O–H groups in total. The zero-order chi connectivity index (χ0) is 24.3. The van der Waals surface area contributed by atoms with Gasteiger partial charge in [-0.05, 0) is 0 Å². The van der Waals surface area contributed by atoms with E-state index in [1.807, 2.05) is 82.3 Å². The molecule has 2 unspecified atom stereocenters. The SMILES string of the molecule is SCSC(SCS)SC[C]1SC(CSC(SCS)SCS)SC(CSC(SCS)SCS)S1. The Morgan fingerprint density at radius 3 is 1.18 bits per heavy atom. The predicted molar refractivity (Wildman–Crippen MR) is 211 cm³/mol. The molecular weight excluding hydrogens is 757 g/mol. The van der Waals surface area contributed by atoms with Crippen LogP contribution in [-0.2, 0) is 0 Å². The fourth-order valence-corrected chi connectivity index (χ4v) is 24.7. The van der Waals surface area contributed by atoms with Crippen molar-refractivity contribution in [2.75, 3.05) is 47.8 Å². The zero-order valence-corrected chi connectivity index (χ0v) is 32.5. The van der Waals surface area contributed by atoms with Crippen LogP contribution in [0.1, 0.15) is 0 Å². The highest BCUT2D eigenvalue weighted by molar-refractivity contribution is 8.40. The Hall–Kier alpha value is 6.30. The van der Waals surface area contributed by atoms with E-state index >= 15 is 0 Å². The Morgan fingerprint density at radius 1 is 0.515 bits per heavy atom. The summed E-state index contributed by atoms with van der Waals surface area (Å²) >= 11 is 50.4. The first-order valence-corrected chi connectivity index (χ1v) is 25.1. The highest BCUT2D eigenvalue weighted by atomic mass is 32.3. The summed E-state index contributed by atoms with van der Waals surface area (Å²) in [6, 6.07) is 0. The molecule has 18 heteroatoms. The largest absolute Gasteiger partial charge is 0.168 e. The fourth-order valence-electron chi connectivity index (χ4n) is 2.01. The third-order valence-electron chi connectivity index (χ3n) is 3.17. The summed E-state index contributed by atoms with van der Waals surface area (Å²) in [6.45, 7) is 0. The van der Waals surface area contributed by atoms with Crippen LogP contribution in [0.25, 0.3) is 0 Å². The Bertz CT molecular complexity index is 359. The Balaban J connectivity index is 2.69. The van der Waals surface area contributed by atoms with E-state index in [-0.39, 0.29) is 0 Å². The van der Waals surface area contributed by atoms with Gasteiger partial charge in [0.1, 0.15) is 0 Å². The van der Waals surface area contributed by atoms with Crippen LogP contribution in [-0.4, -0.2) is 68.7 Å². The van der Waals surface area contributed by atoms with Gasteiger partial charge >= 0.3 is 0 Å². The highest BCUT2D eigenvalue weighted by Crippen LogP contribution is 2.56. The van der Waals surface area contributed by atoms with E-state index in [0.717, 1.165) is 47.8 Å². The number of hydrogen-bond acceptors (Lipinski definition) is 18. The Labute approximate surface area is 285 Å². The minimum Gasteiger partial charge on any atom is -0.168 e. The molecule has 2 atom stereocenters. The molecule has 1 radical (unpaired) electrons. The van der Waals surface area contributed by atoms with E-state index in [9.17, 15) is 0 Å². The third-order valence-corrected chi connectivity index (χ3v) is 23.7. The molecular formula is C15H29S18. The molecule has 0 nitrogen and oxygen atoms in total. The van der Waals surface area contributed by atoms with Crippen LogP contribution in [0.5, 0.6) is 0 Å². The quantitative estimate of drug-likeness (QED) is 0.0485. The van der Waals surface area contributed by atoms with Crippen molar-refractivity contribution in [3.8, 4) is 0 Å². The lowest BCUT2D eigenvalue weighted by Gasteiger charge is -2.34. The molecule has 1 fully saturated rings. The lowest BCUT2D eigenvalue weighted by molar-refractivity contribution is 1.35. The molecule has 1 aliphatic rings. The maximum atomic E-state index is 4.42. The van der Waals surface area contributed by atoms with Crippen molar-refractivity contribution < 1.29 is 0 Å². The summed E-state index contributed by atoms with van der Waals surface area (Å²) < 4.78 is 4.25. The van der Waals surface area contributed by atoms with Gasteiger partial charge in [-0.3, -0.25) is 0 Å². The fraction of sp³-hybridized carbons (Fsp3) is 0.933. The summed E-state index contributed by atoms with van der Waals surface area (Å²) in [4.78, 5) is 0. The maximum absolute atomic E-state index is 4.42. The van der Waals surface area contributed by atoms with Gasteiger partial charge in [0, 0.05) is 47.8 Å². The molecule has 0 bridgehead atoms. The molecule has 0 aromatic carbocycles. The van der Waals surface area contributed by atoms with Crippen LogP contribution in [0.15, 0.2) is 0 Å². The van der Waals surface area contributed by atoms with Crippen LogP contribution in [0.3, 0.4) is 0 Å². The van der Waals surface area contributed by atoms with Crippen molar-refractivity contribution in [1.82, 2.24) is 0 Å². The van der Waals surface area contributed by atoms with Crippen LogP contribution in [0.2, 0.25) is 0 Å². The molecule has 197 valence electrons. The molecule has 0 saturated carbocycles. The average molecular weight is 787 g/mol. The van der Waals surface area contributed by atoms with Crippen molar-refractivity contribution in [3.63, 3.8) is 0 Å². The molecule has 0 amide bonds. The number of thioether (sulfide) groups is 12. The smallest absolute Gasteiger partial charge is 0.0973 e. The van der Waals surface area contributed by atoms with E-state index in [1.54, 1.807) is 4.58 Å². The third kappa shape index (κ3) is 19.2. The summed E-state index contributed by atoms with van der Waals surface area (Å²) in [6.07, 6.45) is 0. The molecule has 0 aromatic rings. The van der Waals surface area contributed by atoms with Crippen molar-refractivity contribution in [3.05, 3.63) is 4.58 Å². The lowest BCUT2D eigenvalue weighted by Crippen LogP contribution is -2.20. The Morgan fingerprint density at radius 2 is 0.848 bits per heavy atom. The van der Waals surface area contributed by atoms with Gasteiger partial charge in [0.2, 0.25) is 0 Å². The minimum atomic E-state index is 0.495. The van der Waals surface area contributed by atoms with E-state index in [0.29, 0.717) is 20.9 Å². The zero-order valence-electron chi connectivity index (χ0n) is 17.3. The van der Waals surface area contributed by atoms with Gasteiger partial charge in [-0.2, -0.15) is 75.8 Å². The van der Waals surface area contributed by atoms with Gasteiger partial charge in [0.15, 0.2) is 0 Å². The summed E-state index contributed by atoms with van der Waals surface area (Å²) in [5, 5.41) is 5.11. The van der Waals surface area contributed by atoms with Crippen LogP contribution < -0.4 is 0 Å². The molecule has 1 aliphatic heterocycles. The van der Waals surface area contributed by atoms with Gasteiger partial charge in [-0.15, -0.1) is 141 Å². The van der Waals surface area contributed by atoms with Crippen molar-refractivity contribution in [2.24, 2.45) is 0 Å². The second-order valence-corrected chi connectivity index (χ2v) is 27.2. The summed E-state index contributed by atoms with van der Waals surface area (Å²) in [5.41, 5.74) is 0. The lowest BCUT2D eigenvalue weighted by atomic mass is 10.9. The summed E-state index contributed by atoms with van der Waals surface area (Å²) in [5.74, 6) is 3.39. The maximum Gasteiger partial charge on any atom is 0.0973 e. The number of hydrogen-bond donors (Lipinski definition) is 6. The first-order valence-electron chi connectivity index (χ1n) is 9.14. The first-order chi connectivity index (χ1) is 16.1. The predicted octanol–water partition coefficient (Wildman–Crippen LogP) is 10.1. The molecule has 0 aromatic heterocycles. The van der Waals surface area contributed by atoms with Crippen molar-refractivity contribution in [2.45, 2.75) is 20.9 Å². The second-order valence-electron chi connectivity index (χ2n) is 5.22. The highest BCUT2D eigenvalue weighted by Gasteiger charge is 2.33. The molecule has 0 aliphatic carbocycles. The van der Waals surface area contributed by atoms with Gasteiger partial charge in [-0.1, -0.05) is 0 Å². The van der Waals surface area contributed by atoms with E-state index < -0.39 is 0 Å². The average Bonchev–Trinajstić information content (AvgIpc) is 2.80. The van der Waals surface area contributed by atoms with Crippen molar-refractivity contribution in [1.29, 1.82) is 0 Å². The molecule has 1 heterocycles. The van der Waals surface area contributed by atoms with Gasteiger partial charge < -0.3 is 0 Å². The monoisotopic (exact) mass is 785 g/mol. The van der Waals surface area contributed by atoms with Gasteiger partial charge in [0.05, 0.1) is 25.5 Å². The van der Waals surface area contributed by atoms with Crippen molar-refractivity contribution >= 4 is 217 Å². The van der Waals surface area contributed by atoms with E-state index in [1.165, 1.54) is 0 Å². The normalized spacial score (nSPS) is 19.9. The second kappa shape index (κ2) is 26.0. The standard InChI is InChI=1S/C15H29S18/c16-4-25-13(26-5-17)22-1-10-31-11(2-23-14(27-6-18)28-7-19)33-12(32-10)3-24-15(29-8-20)30-9-21/h10-11,13-21H,1-9H2. The topological polar surface area (TPSA) is 0 Å². The molecule has 33 heavy (non-hydrogen) atoms. The number of thiol groups is 6. The molecule has 1 rings (SSSR count). The van der Waals surface area contributed by atoms with E-state index in [2.05, 4.69) is 135 Å². The van der Waals surface area contributed by atoms with Crippen LogP contribution in [0.4, 0.5) is 0 Å². The molecule has 0 spiro atoms. The van der Waals surface area contributed by atoms with Crippen LogP contribution >= 0.6 is 217 Å². The number of rotatable bonds is 21. The first kappa shape index (κ1) is 37.3. The molecule has 1 saturated heterocycles. The van der Waals surface area contributed by atoms with Crippen LogP contribution in [0, 0.1) is 4.58 Å².